The molecule has 0 radical (unpaired) electrons. The SMILES string of the molecule is CCCCC/C=C/C(=Nc1cc(CCCC)cc(CCCC)c1)C(CCCCCCCC)=Nc1cc(CCCC)cc(CCCC)c1. The van der Waals surface area contributed by atoms with E-state index in [9.17, 15) is 0 Å². The Morgan fingerprint density at radius 2 is 0.851 bits per heavy atom. The Bertz CT molecular complexity index is 1130. The Balaban J connectivity index is 2.65. The van der Waals surface area contributed by atoms with Crippen LogP contribution in [0.5, 0.6) is 0 Å². The van der Waals surface area contributed by atoms with E-state index in [0.717, 1.165) is 61.3 Å². The number of aryl methyl sites for hydroxylation is 4. The summed E-state index contributed by atoms with van der Waals surface area (Å²) >= 11 is 0. The maximum Gasteiger partial charge on any atom is 0.0848 e. The van der Waals surface area contributed by atoms with Gasteiger partial charge in [0.05, 0.1) is 22.8 Å². The fourth-order valence-corrected chi connectivity index (χ4v) is 6.23. The topological polar surface area (TPSA) is 24.7 Å². The summed E-state index contributed by atoms with van der Waals surface area (Å²) in [5, 5.41) is 0. The molecule has 0 aliphatic heterocycles. The van der Waals surface area contributed by atoms with Crippen LogP contribution in [0.3, 0.4) is 0 Å². The average molecular weight is 641 g/mol. The minimum absolute atomic E-state index is 0.978. The zero-order valence-electron chi connectivity index (χ0n) is 31.8. The third kappa shape index (κ3) is 18.0. The van der Waals surface area contributed by atoms with Gasteiger partial charge in [-0.15, -0.1) is 0 Å². The second kappa shape index (κ2) is 26.5. The van der Waals surface area contributed by atoms with Crippen molar-refractivity contribution in [3.05, 3.63) is 70.8 Å². The van der Waals surface area contributed by atoms with Crippen LogP contribution in [0.15, 0.2) is 58.5 Å². The highest BCUT2D eigenvalue weighted by molar-refractivity contribution is 6.47. The first kappa shape index (κ1) is 40.7. The van der Waals surface area contributed by atoms with Crippen molar-refractivity contribution in [2.24, 2.45) is 9.98 Å². The Labute approximate surface area is 292 Å². The molecule has 0 aliphatic rings. The molecule has 0 amide bonds. The normalized spacial score (nSPS) is 12.5. The van der Waals surface area contributed by atoms with Crippen LogP contribution >= 0.6 is 0 Å². The number of allylic oxidation sites excluding steroid dienone is 2. The van der Waals surface area contributed by atoms with Crippen molar-refractivity contribution < 1.29 is 0 Å². The Morgan fingerprint density at radius 1 is 0.447 bits per heavy atom. The van der Waals surface area contributed by atoms with Crippen molar-refractivity contribution >= 4 is 22.8 Å². The molecular weight excluding hydrogens is 569 g/mol. The van der Waals surface area contributed by atoms with Crippen molar-refractivity contribution in [2.75, 3.05) is 0 Å². The van der Waals surface area contributed by atoms with Crippen LogP contribution in [-0.4, -0.2) is 11.4 Å². The molecule has 2 rings (SSSR count). The van der Waals surface area contributed by atoms with Gasteiger partial charge in [-0.3, -0.25) is 4.99 Å². The van der Waals surface area contributed by atoms with E-state index < -0.39 is 0 Å². The van der Waals surface area contributed by atoms with E-state index in [0.29, 0.717) is 0 Å². The van der Waals surface area contributed by atoms with Gasteiger partial charge in [0.15, 0.2) is 0 Å². The zero-order chi connectivity index (χ0) is 34.0. The first-order valence-electron chi connectivity index (χ1n) is 20.1. The number of hydrogen-bond acceptors (Lipinski definition) is 2. The molecule has 2 nitrogen and oxygen atoms in total. The van der Waals surface area contributed by atoms with Crippen molar-refractivity contribution in [2.45, 2.75) is 189 Å². The highest BCUT2D eigenvalue weighted by Crippen LogP contribution is 2.25. The molecule has 0 saturated carbocycles. The minimum atomic E-state index is 0.978. The van der Waals surface area contributed by atoms with Crippen LogP contribution in [0, 0.1) is 0 Å². The lowest BCUT2D eigenvalue weighted by Crippen LogP contribution is -2.12. The lowest BCUT2D eigenvalue weighted by molar-refractivity contribution is 0.616. The summed E-state index contributed by atoms with van der Waals surface area (Å²) in [6.07, 6.45) is 32.6. The van der Waals surface area contributed by atoms with Crippen molar-refractivity contribution in [1.82, 2.24) is 0 Å². The molecular formula is C45H72N2. The fourth-order valence-electron chi connectivity index (χ4n) is 6.23. The molecule has 0 heterocycles. The molecule has 0 N–H and O–H groups in total. The number of nitrogens with zero attached hydrogens (tertiary/aromatic N) is 2. The number of rotatable bonds is 27. The van der Waals surface area contributed by atoms with Gasteiger partial charge >= 0.3 is 0 Å². The van der Waals surface area contributed by atoms with E-state index in [1.165, 1.54) is 131 Å². The summed E-state index contributed by atoms with van der Waals surface area (Å²) in [4.78, 5) is 11.0. The molecule has 2 aromatic carbocycles. The van der Waals surface area contributed by atoms with Gasteiger partial charge in [0.2, 0.25) is 0 Å². The third-order valence-corrected chi connectivity index (χ3v) is 9.18. The van der Waals surface area contributed by atoms with Crippen LogP contribution < -0.4 is 0 Å². The molecule has 2 heteroatoms. The van der Waals surface area contributed by atoms with Gasteiger partial charge in [-0.25, -0.2) is 4.99 Å². The van der Waals surface area contributed by atoms with Gasteiger partial charge in [0.25, 0.3) is 0 Å². The molecule has 0 saturated heterocycles. The second-order valence-corrected chi connectivity index (χ2v) is 13.9. The monoisotopic (exact) mass is 641 g/mol. The molecule has 0 aromatic heterocycles. The van der Waals surface area contributed by atoms with Gasteiger partial charge in [-0.05, 0) is 130 Å². The van der Waals surface area contributed by atoms with Crippen LogP contribution in [0.2, 0.25) is 0 Å². The molecule has 0 spiro atoms. The molecule has 47 heavy (non-hydrogen) atoms. The largest absolute Gasteiger partial charge is 0.251 e. The lowest BCUT2D eigenvalue weighted by Gasteiger charge is -2.12. The Hall–Kier alpha value is -2.48. The van der Waals surface area contributed by atoms with Crippen LogP contribution in [0.4, 0.5) is 11.4 Å². The summed E-state index contributed by atoms with van der Waals surface area (Å²) in [5.41, 5.74) is 10.2. The molecule has 0 unspecified atom stereocenters. The van der Waals surface area contributed by atoms with Gasteiger partial charge in [0.1, 0.15) is 0 Å². The molecule has 0 fully saturated rings. The van der Waals surface area contributed by atoms with E-state index in [4.69, 9.17) is 9.98 Å². The minimum Gasteiger partial charge on any atom is -0.251 e. The first-order chi connectivity index (χ1) is 23.1. The van der Waals surface area contributed by atoms with Crippen LogP contribution in [0.1, 0.15) is 186 Å². The first-order valence-corrected chi connectivity index (χ1v) is 20.1. The third-order valence-electron chi connectivity index (χ3n) is 9.18. The quantitative estimate of drug-likeness (QED) is 0.0685. The number of benzene rings is 2. The van der Waals surface area contributed by atoms with E-state index >= 15 is 0 Å². The zero-order valence-corrected chi connectivity index (χ0v) is 31.8. The van der Waals surface area contributed by atoms with Crippen molar-refractivity contribution in [3.63, 3.8) is 0 Å². The van der Waals surface area contributed by atoms with E-state index in [1.807, 2.05) is 0 Å². The van der Waals surface area contributed by atoms with Gasteiger partial charge < -0.3 is 0 Å². The Morgan fingerprint density at radius 3 is 1.32 bits per heavy atom. The van der Waals surface area contributed by atoms with E-state index in [2.05, 4.69) is 90.1 Å². The predicted molar refractivity (Wildman–Crippen MR) is 213 cm³/mol. The molecule has 0 bridgehead atoms. The Kier molecular flexibility index (Phi) is 22.9. The fraction of sp³-hybridized carbons (Fsp3) is 0.644. The number of hydrogen-bond donors (Lipinski definition) is 0. The standard InChI is InChI=1S/C45H72N2/c1-7-13-19-21-23-25-31-45(47-43-36-40(28-17-11-5)33-41(37-43)29-18-12-6)44(30-24-22-20-14-8-2)46-42-34-38(26-15-9-3)32-39(35-42)27-16-10-4/h24,30,32-37H,7-23,25-29,31H2,1-6H3/b30-24+,46-44?,47-45?. The van der Waals surface area contributed by atoms with Gasteiger partial charge in [-0.1, -0.05) is 130 Å². The van der Waals surface area contributed by atoms with Crippen molar-refractivity contribution in [3.8, 4) is 0 Å². The molecule has 262 valence electrons. The summed E-state index contributed by atoms with van der Waals surface area (Å²) < 4.78 is 0. The number of aliphatic imine (C=N–C) groups is 2. The van der Waals surface area contributed by atoms with Crippen molar-refractivity contribution in [1.29, 1.82) is 0 Å². The van der Waals surface area contributed by atoms with E-state index in [1.54, 1.807) is 0 Å². The van der Waals surface area contributed by atoms with E-state index in [-0.39, 0.29) is 0 Å². The summed E-state index contributed by atoms with van der Waals surface area (Å²) in [6.45, 7) is 13.7. The van der Waals surface area contributed by atoms with Gasteiger partial charge in [-0.2, -0.15) is 0 Å². The lowest BCUT2D eigenvalue weighted by atomic mass is 10.00. The van der Waals surface area contributed by atoms with Gasteiger partial charge in [0, 0.05) is 0 Å². The molecule has 0 aliphatic carbocycles. The smallest absolute Gasteiger partial charge is 0.0848 e. The highest BCUT2D eigenvalue weighted by Gasteiger charge is 2.11. The summed E-state index contributed by atoms with van der Waals surface area (Å²) in [7, 11) is 0. The second-order valence-electron chi connectivity index (χ2n) is 13.9. The maximum absolute atomic E-state index is 5.52. The van der Waals surface area contributed by atoms with Crippen LogP contribution in [0.25, 0.3) is 0 Å². The average Bonchev–Trinajstić information content (AvgIpc) is 3.08. The molecule has 2 aromatic rings. The summed E-state index contributed by atoms with van der Waals surface area (Å²) in [5.74, 6) is 0. The van der Waals surface area contributed by atoms with Crippen LogP contribution in [-0.2, 0) is 25.7 Å². The highest BCUT2D eigenvalue weighted by atomic mass is 14.8. The number of unbranched alkanes of at least 4 members (excludes halogenated alkanes) is 12. The predicted octanol–water partition coefficient (Wildman–Crippen LogP) is 14.8. The maximum atomic E-state index is 5.52. The molecule has 0 atom stereocenters. The summed E-state index contributed by atoms with van der Waals surface area (Å²) in [6, 6.07) is 14.3.